The van der Waals surface area contributed by atoms with Gasteiger partial charge in [0.25, 0.3) is 0 Å². The minimum absolute atomic E-state index is 0.0380. The largest absolute Gasteiger partial charge is 0.490 e. The third-order valence-electron chi connectivity index (χ3n) is 4.46. The molecular formula is C10H19N5O22P6. The van der Waals surface area contributed by atoms with E-state index in [2.05, 4.69) is 41.2 Å². The summed E-state index contributed by atoms with van der Waals surface area (Å²) in [6.07, 6.45) is -6.21. The van der Waals surface area contributed by atoms with E-state index in [4.69, 9.17) is 34.9 Å². The molecule has 0 amide bonds. The van der Waals surface area contributed by atoms with Gasteiger partial charge in [-0.1, -0.05) is 0 Å². The Balaban J connectivity index is 1.84. The lowest BCUT2D eigenvalue weighted by Crippen LogP contribution is -2.36. The summed E-state index contributed by atoms with van der Waals surface area (Å²) in [4.78, 5) is 84.3. The van der Waals surface area contributed by atoms with Gasteiger partial charge in [0.2, 0.25) is 0 Å². The molecule has 0 radical (unpaired) electrons. The van der Waals surface area contributed by atoms with Crippen molar-refractivity contribution in [3.8, 4) is 0 Å². The molecule has 43 heavy (non-hydrogen) atoms. The first kappa shape index (κ1) is 36.6. The first-order valence-electron chi connectivity index (χ1n) is 10.2. The van der Waals surface area contributed by atoms with E-state index in [-0.39, 0.29) is 17.0 Å². The Hall–Kier alpha value is -0.910. The molecule has 3 rings (SSSR count). The van der Waals surface area contributed by atoms with Gasteiger partial charge in [0.05, 0.1) is 12.9 Å². The predicted molar refractivity (Wildman–Crippen MR) is 128 cm³/mol. The van der Waals surface area contributed by atoms with E-state index in [1.165, 1.54) is 0 Å². The van der Waals surface area contributed by atoms with Crippen LogP contribution in [-0.2, 0) is 58.4 Å². The Bertz CT molecular complexity index is 1640. The van der Waals surface area contributed by atoms with Gasteiger partial charge in [-0.25, -0.2) is 42.3 Å². The SMILES string of the molecule is Nc1ncnc2c1ncn2[C@@H]1O[C@H](COP(=O)(O)OP(=O)(O)OP(=O)(O)OP(=O)(O)O)C(OP(=O)(O)OP(=O)(O)O)C1O. The summed E-state index contributed by atoms with van der Waals surface area (Å²) in [7, 11) is -35.5. The summed E-state index contributed by atoms with van der Waals surface area (Å²) in [6, 6.07) is 0. The summed E-state index contributed by atoms with van der Waals surface area (Å²) in [6.45, 7) is -1.42. The van der Waals surface area contributed by atoms with Crippen LogP contribution in [0.2, 0.25) is 0 Å². The second kappa shape index (κ2) is 12.7. The summed E-state index contributed by atoms with van der Waals surface area (Å²) in [5, 5.41) is 10.8. The van der Waals surface area contributed by atoms with Crippen LogP contribution in [0.4, 0.5) is 5.82 Å². The number of aliphatic hydroxyl groups excluding tert-OH is 1. The fourth-order valence-electron chi connectivity index (χ4n) is 3.19. The molecule has 0 saturated carbocycles. The van der Waals surface area contributed by atoms with Crippen LogP contribution in [0, 0.1) is 0 Å². The zero-order chi connectivity index (χ0) is 32.8. The molecule has 0 spiro atoms. The van der Waals surface area contributed by atoms with Crippen LogP contribution in [0.15, 0.2) is 12.7 Å². The molecule has 0 aromatic carbocycles. The number of aliphatic hydroxyl groups is 1. The van der Waals surface area contributed by atoms with Crippen molar-refractivity contribution in [1.29, 1.82) is 0 Å². The molecule has 2 aromatic heterocycles. The molecule has 3 heterocycles. The number of ether oxygens (including phenoxy) is 1. The molecule has 6 unspecified atom stereocenters. The van der Waals surface area contributed by atoms with Crippen molar-refractivity contribution in [3.63, 3.8) is 0 Å². The molecule has 2 aromatic rings. The number of hydrogen-bond acceptors (Lipinski definition) is 18. The van der Waals surface area contributed by atoms with Crippen LogP contribution < -0.4 is 5.73 Å². The van der Waals surface area contributed by atoms with Crippen LogP contribution in [0.5, 0.6) is 0 Å². The lowest BCUT2D eigenvalue weighted by Gasteiger charge is -2.23. The molecule has 1 fully saturated rings. The number of anilines is 1. The van der Waals surface area contributed by atoms with Crippen LogP contribution in [0.25, 0.3) is 11.2 Å². The number of aromatic nitrogens is 4. The quantitative estimate of drug-likeness (QED) is 0.101. The van der Waals surface area contributed by atoms with Gasteiger partial charge in [0, 0.05) is 0 Å². The molecular weight excluding hydrogens is 728 g/mol. The van der Waals surface area contributed by atoms with Crippen molar-refractivity contribution in [2.75, 3.05) is 12.3 Å². The van der Waals surface area contributed by atoms with E-state index in [1.54, 1.807) is 0 Å². The minimum atomic E-state index is -6.22. The number of imidazole rings is 1. The van der Waals surface area contributed by atoms with Crippen LogP contribution in [-0.4, -0.2) is 88.7 Å². The summed E-state index contributed by atoms with van der Waals surface area (Å²) >= 11 is 0. The summed E-state index contributed by atoms with van der Waals surface area (Å²) < 4.78 is 98.8. The third-order valence-corrected chi connectivity index (χ3v) is 12.1. The van der Waals surface area contributed by atoms with Crippen LogP contribution >= 0.6 is 46.9 Å². The molecule has 27 nitrogen and oxygen atoms in total. The molecule has 1 aliphatic heterocycles. The first-order valence-corrected chi connectivity index (χ1v) is 19.2. The van der Waals surface area contributed by atoms with Gasteiger partial charge in [0.1, 0.15) is 30.2 Å². The average molecular weight is 747 g/mol. The molecule has 33 heteroatoms. The van der Waals surface area contributed by atoms with Gasteiger partial charge in [-0.15, -0.1) is 0 Å². The van der Waals surface area contributed by atoms with Crippen LogP contribution in [0.1, 0.15) is 6.23 Å². The highest BCUT2D eigenvalue weighted by molar-refractivity contribution is 7.69. The van der Waals surface area contributed by atoms with Crippen molar-refractivity contribution in [2.24, 2.45) is 0 Å². The Morgan fingerprint density at radius 1 is 0.791 bits per heavy atom. The van der Waals surface area contributed by atoms with E-state index in [0.717, 1.165) is 17.2 Å². The van der Waals surface area contributed by atoms with Gasteiger partial charge in [-0.3, -0.25) is 13.6 Å². The number of nitrogens with zero attached hydrogens (tertiary/aromatic N) is 4. The zero-order valence-corrected chi connectivity index (χ0v) is 25.4. The van der Waals surface area contributed by atoms with E-state index in [1.807, 2.05) is 0 Å². The minimum Gasteiger partial charge on any atom is -0.386 e. The average Bonchev–Trinajstić information content (AvgIpc) is 3.29. The fourth-order valence-corrected chi connectivity index (χ4v) is 9.45. The highest BCUT2D eigenvalue weighted by Gasteiger charge is 2.52. The highest BCUT2D eigenvalue weighted by atomic mass is 31.3. The molecule has 0 bridgehead atoms. The second-order valence-corrected chi connectivity index (χ2v) is 16.5. The van der Waals surface area contributed by atoms with Crippen molar-refractivity contribution in [2.45, 2.75) is 24.5 Å². The first-order chi connectivity index (χ1) is 19.3. The van der Waals surface area contributed by atoms with Crippen molar-refractivity contribution in [1.82, 2.24) is 19.5 Å². The maximum Gasteiger partial charge on any atom is 0.490 e. The van der Waals surface area contributed by atoms with Gasteiger partial charge in [-0.05, 0) is 0 Å². The normalized spacial score (nSPS) is 27.3. The molecule has 8 atom stereocenters. The van der Waals surface area contributed by atoms with Gasteiger partial charge < -0.3 is 54.7 Å². The lowest BCUT2D eigenvalue weighted by atomic mass is 10.1. The van der Waals surface area contributed by atoms with Crippen molar-refractivity contribution >= 4 is 63.9 Å². The fraction of sp³-hybridized carbons (Fsp3) is 0.500. The monoisotopic (exact) mass is 747 g/mol. The van der Waals surface area contributed by atoms with E-state index < -0.39 is 78.1 Å². The summed E-state index contributed by atoms with van der Waals surface area (Å²) in [5.41, 5.74) is 5.52. The Labute approximate surface area is 236 Å². The molecule has 1 saturated heterocycles. The standard InChI is InChI=1S/C10H19N5O22P6/c11-8-5-9(13-2-12-8)15(3-14-5)10-6(16)7(33-41(25,26)34-38(17,18)19)4(32-10)1-31-40(23,24)36-43(29,30)37-42(27,28)35-39(20,21)22/h2-4,6-7,10,16H,1H2,(H,23,24)(H,25,26)(H,27,28)(H,29,30)(H2,11,12,13)(H2,17,18,19)(H2,20,21,22)/t4-,6?,7?,10-/m1/s1. The van der Waals surface area contributed by atoms with E-state index in [9.17, 15) is 47.2 Å². The van der Waals surface area contributed by atoms with Gasteiger partial charge >= 0.3 is 46.9 Å². The topological polar surface area (TPSA) is 419 Å². The third kappa shape index (κ3) is 10.6. The Morgan fingerprint density at radius 2 is 1.33 bits per heavy atom. The Morgan fingerprint density at radius 3 is 1.91 bits per heavy atom. The van der Waals surface area contributed by atoms with Gasteiger partial charge in [0.15, 0.2) is 17.7 Å². The Kier molecular flexibility index (Phi) is 10.8. The maximum atomic E-state index is 12.2. The number of phosphoric acid groups is 6. The molecule has 11 N–H and O–H groups in total. The summed E-state index contributed by atoms with van der Waals surface area (Å²) in [5.74, 6) is -0.147. The zero-order valence-electron chi connectivity index (χ0n) is 20.1. The second-order valence-electron chi connectivity index (χ2n) is 7.69. The van der Waals surface area contributed by atoms with Crippen LogP contribution in [0.3, 0.4) is 0 Å². The number of nitrogen functional groups attached to an aromatic ring is 1. The number of phosphoric ester groups is 2. The maximum absolute atomic E-state index is 12.2. The van der Waals surface area contributed by atoms with Crippen molar-refractivity contribution in [3.05, 3.63) is 12.7 Å². The number of hydrogen-bond donors (Lipinski definition) is 10. The van der Waals surface area contributed by atoms with Gasteiger partial charge in [-0.2, -0.15) is 17.2 Å². The van der Waals surface area contributed by atoms with Crippen molar-refractivity contribution < 1.29 is 103 Å². The number of nitrogens with two attached hydrogens (primary N) is 1. The molecule has 246 valence electrons. The lowest BCUT2D eigenvalue weighted by molar-refractivity contribution is -0.0501. The molecule has 0 aliphatic carbocycles. The van der Waals surface area contributed by atoms with E-state index in [0.29, 0.717) is 0 Å². The smallest absolute Gasteiger partial charge is 0.386 e. The highest BCUT2D eigenvalue weighted by Crippen LogP contribution is 2.70. The number of fused-ring (bicyclic) bond motifs is 1. The molecule has 1 aliphatic rings. The predicted octanol–water partition coefficient (Wildman–Crippen LogP) is -1.28. The number of rotatable bonds is 14. The van der Waals surface area contributed by atoms with E-state index >= 15 is 0 Å².